The van der Waals surface area contributed by atoms with Crippen molar-refractivity contribution in [1.29, 1.82) is 0 Å². The molecule has 1 aromatic heterocycles. The first-order valence-corrected chi connectivity index (χ1v) is 10.1. The van der Waals surface area contributed by atoms with Crippen LogP contribution >= 0.6 is 0 Å². The summed E-state index contributed by atoms with van der Waals surface area (Å²) in [5.41, 5.74) is 1.92. The van der Waals surface area contributed by atoms with Crippen LogP contribution in [-0.4, -0.2) is 66.1 Å². The van der Waals surface area contributed by atoms with E-state index in [1.54, 1.807) is 24.0 Å². The Morgan fingerprint density at radius 3 is 2.30 bits per heavy atom. The van der Waals surface area contributed by atoms with E-state index in [1.165, 1.54) is 0 Å². The lowest BCUT2D eigenvalue weighted by Crippen LogP contribution is -2.47. The van der Waals surface area contributed by atoms with Gasteiger partial charge < -0.3 is 23.8 Å². The van der Waals surface area contributed by atoms with Gasteiger partial charge in [0, 0.05) is 38.6 Å². The number of carbonyl (C=O) groups excluding carboxylic acids is 2. The Hall–Kier alpha value is -2.80. The van der Waals surface area contributed by atoms with Gasteiger partial charge in [0.25, 0.3) is 0 Å². The number of aryl methyl sites for hydroxylation is 1. The van der Waals surface area contributed by atoms with Crippen LogP contribution in [0.15, 0.2) is 42.6 Å². The summed E-state index contributed by atoms with van der Waals surface area (Å²) in [7, 11) is 5.17. The highest BCUT2D eigenvalue weighted by molar-refractivity contribution is 5.86. The summed E-state index contributed by atoms with van der Waals surface area (Å²) in [6, 6.07) is 11.3. The smallest absolute Gasteiger partial charge is 0.242 e. The predicted octanol–water partition coefficient (Wildman–Crippen LogP) is 2.49. The van der Waals surface area contributed by atoms with Crippen LogP contribution in [0.25, 0.3) is 0 Å². The number of hydrogen-bond donors (Lipinski definition) is 0. The van der Waals surface area contributed by atoms with Crippen LogP contribution in [0.5, 0.6) is 5.75 Å². The molecule has 0 N–H and O–H groups in total. The number of hydrogen-bond acceptors (Lipinski definition) is 4. The molecule has 2 aromatic rings. The quantitative estimate of drug-likeness (QED) is 0.566. The molecule has 0 bridgehead atoms. The Morgan fingerprint density at radius 1 is 1.07 bits per heavy atom. The summed E-state index contributed by atoms with van der Waals surface area (Å²) in [4.78, 5) is 29.4. The number of nitrogens with zero attached hydrogens (tertiary/aromatic N) is 3. The fourth-order valence-corrected chi connectivity index (χ4v) is 3.17. The van der Waals surface area contributed by atoms with E-state index in [2.05, 4.69) is 0 Å². The van der Waals surface area contributed by atoms with Crippen molar-refractivity contribution in [3.8, 4) is 5.75 Å². The van der Waals surface area contributed by atoms with E-state index < -0.39 is 0 Å². The van der Waals surface area contributed by atoms with Crippen molar-refractivity contribution < 1.29 is 19.1 Å². The minimum absolute atomic E-state index is 0.0425. The van der Waals surface area contributed by atoms with Gasteiger partial charge >= 0.3 is 0 Å². The molecule has 164 valence electrons. The van der Waals surface area contributed by atoms with Crippen LogP contribution in [0.2, 0.25) is 0 Å². The van der Waals surface area contributed by atoms with Gasteiger partial charge in [-0.15, -0.1) is 0 Å². The van der Waals surface area contributed by atoms with Crippen LogP contribution in [0.1, 0.15) is 25.1 Å². The Bertz CT molecular complexity index is 814. The third-order valence-corrected chi connectivity index (χ3v) is 5.09. The molecule has 0 aliphatic rings. The monoisotopic (exact) mass is 415 g/mol. The molecular formula is C23H33N3O4. The Kier molecular flexibility index (Phi) is 8.92. The van der Waals surface area contributed by atoms with E-state index >= 15 is 0 Å². The second kappa shape index (κ2) is 11.4. The second-order valence-corrected chi connectivity index (χ2v) is 7.56. The van der Waals surface area contributed by atoms with E-state index in [0.29, 0.717) is 19.7 Å². The van der Waals surface area contributed by atoms with Gasteiger partial charge in [-0.25, -0.2) is 0 Å². The largest absolute Gasteiger partial charge is 0.497 e. The molecule has 7 nitrogen and oxygen atoms in total. The SMILES string of the molecule is COCCN(Cc1cccn1C)C(=O)CN(C(=O)Cc1ccc(OC)cc1)C(C)C. The van der Waals surface area contributed by atoms with Crippen LogP contribution in [0.3, 0.4) is 0 Å². The predicted molar refractivity (Wildman–Crippen MR) is 116 cm³/mol. The molecule has 0 atom stereocenters. The molecule has 0 aliphatic carbocycles. The number of benzene rings is 1. The summed E-state index contributed by atoms with van der Waals surface area (Å²) >= 11 is 0. The first-order chi connectivity index (χ1) is 14.3. The van der Waals surface area contributed by atoms with Gasteiger partial charge in [0.15, 0.2) is 0 Å². The molecule has 7 heteroatoms. The van der Waals surface area contributed by atoms with Gasteiger partial charge in [-0.3, -0.25) is 9.59 Å². The van der Waals surface area contributed by atoms with Crippen molar-refractivity contribution in [3.05, 3.63) is 53.9 Å². The minimum Gasteiger partial charge on any atom is -0.497 e. The van der Waals surface area contributed by atoms with E-state index in [9.17, 15) is 9.59 Å². The van der Waals surface area contributed by atoms with E-state index in [0.717, 1.165) is 17.0 Å². The van der Waals surface area contributed by atoms with Crippen LogP contribution in [0.4, 0.5) is 0 Å². The van der Waals surface area contributed by atoms with Gasteiger partial charge in [-0.1, -0.05) is 12.1 Å². The maximum Gasteiger partial charge on any atom is 0.242 e. The van der Waals surface area contributed by atoms with Crippen molar-refractivity contribution in [3.63, 3.8) is 0 Å². The van der Waals surface area contributed by atoms with E-state index in [-0.39, 0.29) is 30.8 Å². The Labute approximate surface area is 179 Å². The standard InChI is InChI=1S/C23H33N3O4/c1-18(2)26(22(27)15-19-8-10-21(30-5)11-9-19)17-23(28)25(13-14-29-4)16-20-7-6-12-24(20)3/h6-12,18H,13-17H2,1-5H3. The zero-order chi connectivity index (χ0) is 22.1. The number of aromatic nitrogens is 1. The summed E-state index contributed by atoms with van der Waals surface area (Å²) in [5.74, 6) is 0.579. The van der Waals surface area contributed by atoms with Crippen molar-refractivity contribution in [2.45, 2.75) is 32.9 Å². The van der Waals surface area contributed by atoms with Gasteiger partial charge in [0.2, 0.25) is 11.8 Å². The highest BCUT2D eigenvalue weighted by Gasteiger charge is 2.24. The fraction of sp³-hybridized carbons (Fsp3) is 0.478. The first-order valence-electron chi connectivity index (χ1n) is 10.1. The highest BCUT2D eigenvalue weighted by Crippen LogP contribution is 2.14. The average molecular weight is 416 g/mol. The van der Waals surface area contributed by atoms with Crippen LogP contribution in [0, 0.1) is 0 Å². The lowest BCUT2D eigenvalue weighted by Gasteiger charge is -2.30. The molecule has 2 amide bonds. The van der Waals surface area contributed by atoms with Gasteiger partial charge in [-0.2, -0.15) is 0 Å². The molecular weight excluding hydrogens is 382 g/mol. The summed E-state index contributed by atoms with van der Waals surface area (Å²) in [5, 5.41) is 0. The molecule has 1 aromatic carbocycles. The van der Waals surface area contributed by atoms with Crippen LogP contribution in [-0.2, 0) is 34.3 Å². The summed E-state index contributed by atoms with van der Waals surface area (Å²) < 4.78 is 12.3. The van der Waals surface area contributed by atoms with Gasteiger partial charge in [-0.05, 0) is 43.7 Å². The van der Waals surface area contributed by atoms with Gasteiger partial charge in [0.05, 0.1) is 26.7 Å². The highest BCUT2D eigenvalue weighted by atomic mass is 16.5. The van der Waals surface area contributed by atoms with E-state index in [4.69, 9.17) is 9.47 Å². The van der Waals surface area contributed by atoms with Crippen molar-refractivity contribution in [1.82, 2.24) is 14.4 Å². The molecule has 30 heavy (non-hydrogen) atoms. The maximum atomic E-state index is 13.1. The average Bonchev–Trinajstić information content (AvgIpc) is 3.13. The third kappa shape index (κ3) is 6.62. The summed E-state index contributed by atoms with van der Waals surface area (Å²) in [6.07, 6.45) is 2.19. The third-order valence-electron chi connectivity index (χ3n) is 5.09. The molecule has 0 fully saturated rings. The number of ether oxygens (including phenoxy) is 2. The van der Waals surface area contributed by atoms with Gasteiger partial charge in [0.1, 0.15) is 12.3 Å². The maximum absolute atomic E-state index is 13.1. The lowest BCUT2D eigenvalue weighted by atomic mass is 10.1. The fourth-order valence-electron chi connectivity index (χ4n) is 3.17. The Balaban J connectivity index is 2.08. The lowest BCUT2D eigenvalue weighted by molar-refractivity contribution is -0.142. The second-order valence-electron chi connectivity index (χ2n) is 7.56. The molecule has 1 heterocycles. The Morgan fingerprint density at radius 2 is 1.77 bits per heavy atom. The van der Waals surface area contributed by atoms with Crippen molar-refractivity contribution in [2.75, 3.05) is 33.9 Å². The molecule has 2 rings (SSSR count). The zero-order valence-electron chi connectivity index (χ0n) is 18.6. The topological polar surface area (TPSA) is 64.0 Å². The number of methoxy groups -OCH3 is 2. The molecule has 0 radical (unpaired) electrons. The molecule has 0 saturated carbocycles. The van der Waals surface area contributed by atoms with E-state index in [1.807, 2.05) is 68.1 Å². The summed E-state index contributed by atoms with van der Waals surface area (Å²) in [6.45, 7) is 5.29. The molecule has 0 unspecified atom stereocenters. The minimum atomic E-state index is -0.0926. The first kappa shape index (κ1) is 23.5. The zero-order valence-corrected chi connectivity index (χ0v) is 18.6. The van der Waals surface area contributed by atoms with Crippen molar-refractivity contribution in [2.24, 2.45) is 7.05 Å². The number of amides is 2. The normalized spacial score (nSPS) is 10.9. The molecule has 0 saturated heterocycles. The van der Waals surface area contributed by atoms with Crippen molar-refractivity contribution >= 4 is 11.8 Å². The number of rotatable bonds is 11. The molecule has 0 aliphatic heterocycles. The molecule has 0 spiro atoms. The number of carbonyl (C=O) groups is 2. The van der Waals surface area contributed by atoms with Crippen LogP contribution < -0.4 is 4.74 Å².